The van der Waals surface area contributed by atoms with Gasteiger partial charge in [-0.3, -0.25) is 14.5 Å². The molecule has 2 fully saturated rings. The smallest absolute Gasteiger partial charge is 0.251 e. The standard InChI is InChI=1S/C25H29N5O4/c1-34-23-6-5-19(13-27-23)25(33)9-7-21(8-10-25)30-15-20(16-30)29-22(31)14-28-24(32)18-4-2-3-17(11-18)12-26/h2-6,11,13,20-21,33H,7-10,14-16H2,1H3,(H,28,32)(H,29,31). The molecule has 1 aliphatic carbocycles. The van der Waals surface area contributed by atoms with Gasteiger partial charge in [0.1, 0.15) is 0 Å². The summed E-state index contributed by atoms with van der Waals surface area (Å²) in [6.07, 6.45) is 4.77. The molecule has 0 bridgehead atoms. The first-order valence-corrected chi connectivity index (χ1v) is 11.4. The molecular formula is C25H29N5O4. The van der Waals surface area contributed by atoms with E-state index in [0.29, 0.717) is 35.9 Å². The fraction of sp³-hybridized carbons (Fsp3) is 0.440. The van der Waals surface area contributed by atoms with Gasteiger partial charge in [-0.25, -0.2) is 4.98 Å². The Morgan fingerprint density at radius 2 is 2.03 bits per heavy atom. The second-order valence-electron chi connectivity index (χ2n) is 8.95. The molecule has 2 aromatic rings. The number of aromatic nitrogens is 1. The number of likely N-dealkylation sites (tertiary alicyclic amines) is 1. The number of nitrogens with zero attached hydrogens (tertiary/aromatic N) is 3. The summed E-state index contributed by atoms with van der Waals surface area (Å²) in [5, 5.41) is 25.6. The lowest BCUT2D eigenvalue weighted by molar-refractivity contribution is -0.122. The average Bonchev–Trinajstić information content (AvgIpc) is 2.85. The first-order chi connectivity index (χ1) is 16.4. The molecule has 0 atom stereocenters. The zero-order chi connectivity index (χ0) is 24.1. The number of aliphatic hydroxyl groups is 1. The van der Waals surface area contributed by atoms with Gasteiger partial charge in [0.25, 0.3) is 5.91 Å². The van der Waals surface area contributed by atoms with E-state index in [0.717, 1.165) is 31.5 Å². The Bertz CT molecular complexity index is 1070. The molecule has 0 radical (unpaired) electrons. The van der Waals surface area contributed by atoms with Crippen LogP contribution < -0.4 is 15.4 Å². The molecule has 1 aliphatic heterocycles. The van der Waals surface area contributed by atoms with Crippen molar-refractivity contribution in [1.82, 2.24) is 20.5 Å². The molecule has 178 valence electrons. The Hall–Kier alpha value is -3.48. The Labute approximate surface area is 198 Å². The number of pyridine rings is 1. The highest BCUT2D eigenvalue weighted by molar-refractivity contribution is 5.96. The lowest BCUT2D eigenvalue weighted by Crippen LogP contribution is -2.63. The molecule has 2 aliphatic rings. The van der Waals surface area contributed by atoms with Crippen LogP contribution in [0.1, 0.15) is 47.2 Å². The molecular weight excluding hydrogens is 434 g/mol. The van der Waals surface area contributed by atoms with Crippen molar-refractivity contribution in [2.24, 2.45) is 0 Å². The predicted octanol–water partition coefficient (Wildman–Crippen LogP) is 1.32. The summed E-state index contributed by atoms with van der Waals surface area (Å²) < 4.78 is 5.09. The quantitative estimate of drug-likeness (QED) is 0.565. The number of nitrogens with one attached hydrogen (secondary N) is 2. The van der Waals surface area contributed by atoms with Gasteiger partial charge in [0.2, 0.25) is 11.8 Å². The molecule has 9 nitrogen and oxygen atoms in total. The zero-order valence-corrected chi connectivity index (χ0v) is 19.2. The summed E-state index contributed by atoms with van der Waals surface area (Å²) >= 11 is 0. The molecule has 2 heterocycles. The normalized spacial score (nSPS) is 22.8. The largest absolute Gasteiger partial charge is 0.481 e. The summed E-state index contributed by atoms with van der Waals surface area (Å²) in [4.78, 5) is 31.0. The summed E-state index contributed by atoms with van der Waals surface area (Å²) in [7, 11) is 1.57. The van der Waals surface area contributed by atoms with Gasteiger partial charge in [0, 0.05) is 42.5 Å². The number of benzene rings is 1. The van der Waals surface area contributed by atoms with Crippen LogP contribution >= 0.6 is 0 Å². The maximum absolute atomic E-state index is 12.2. The Morgan fingerprint density at radius 3 is 2.68 bits per heavy atom. The van der Waals surface area contributed by atoms with E-state index in [1.807, 2.05) is 12.1 Å². The summed E-state index contributed by atoms with van der Waals surface area (Å²) in [6, 6.07) is 12.4. The van der Waals surface area contributed by atoms with Crippen molar-refractivity contribution >= 4 is 11.8 Å². The number of carbonyl (C=O) groups excluding carboxylic acids is 2. The molecule has 0 spiro atoms. The third-order valence-electron chi connectivity index (χ3n) is 6.72. The number of amides is 2. The van der Waals surface area contributed by atoms with Crippen molar-refractivity contribution < 1.29 is 19.4 Å². The van der Waals surface area contributed by atoms with Gasteiger partial charge < -0.3 is 20.5 Å². The van der Waals surface area contributed by atoms with Crippen molar-refractivity contribution in [1.29, 1.82) is 5.26 Å². The number of methoxy groups -OCH3 is 1. The SMILES string of the molecule is COc1ccc(C2(O)CCC(N3CC(NC(=O)CNC(=O)c4cccc(C#N)c4)C3)CC2)cn1. The molecule has 9 heteroatoms. The van der Waals surface area contributed by atoms with Crippen LogP contribution in [-0.4, -0.2) is 65.6 Å². The molecule has 34 heavy (non-hydrogen) atoms. The molecule has 0 unspecified atom stereocenters. The van der Waals surface area contributed by atoms with E-state index in [4.69, 9.17) is 10.00 Å². The van der Waals surface area contributed by atoms with E-state index < -0.39 is 5.60 Å². The maximum atomic E-state index is 12.2. The highest BCUT2D eigenvalue weighted by Gasteiger charge is 2.40. The predicted molar refractivity (Wildman–Crippen MR) is 124 cm³/mol. The van der Waals surface area contributed by atoms with Gasteiger partial charge in [-0.1, -0.05) is 6.07 Å². The van der Waals surface area contributed by atoms with E-state index in [-0.39, 0.29) is 24.4 Å². The van der Waals surface area contributed by atoms with Gasteiger partial charge in [0.15, 0.2) is 0 Å². The lowest BCUT2D eigenvalue weighted by Gasteiger charge is -2.48. The van der Waals surface area contributed by atoms with Gasteiger partial charge >= 0.3 is 0 Å². The van der Waals surface area contributed by atoms with Gasteiger partial charge in [-0.05, 0) is 49.9 Å². The molecule has 2 amide bonds. The average molecular weight is 464 g/mol. The van der Waals surface area contributed by atoms with Crippen molar-refractivity contribution in [2.45, 2.75) is 43.4 Å². The topological polar surface area (TPSA) is 128 Å². The number of hydrogen-bond acceptors (Lipinski definition) is 7. The van der Waals surface area contributed by atoms with E-state index in [9.17, 15) is 14.7 Å². The Morgan fingerprint density at radius 1 is 1.26 bits per heavy atom. The number of nitriles is 1. The first kappa shape index (κ1) is 23.7. The van der Waals surface area contributed by atoms with Crippen molar-refractivity contribution in [2.75, 3.05) is 26.7 Å². The van der Waals surface area contributed by atoms with Crippen LogP contribution in [0.25, 0.3) is 0 Å². The highest BCUT2D eigenvalue weighted by Crippen LogP contribution is 2.39. The second kappa shape index (κ2) is 10.2. The van der Waals surface area contributed by atoms with Crippen LogP contribution in [-0.2, 0) is 10.4 Å². The number of hydrogen-bond donors (Lipinski definition) is 3. The van der Waals surface area contributed by atoms with E-state index in [2.05, 4.69) is 20.5 Å². The van der Waals surface area contributed by atoms with Gasteiger partial charge in [-0.2, -0.15) is 5.26 Å². The van der Waals surface area contributed by atoms with Crippen LogP contribution in [0, 0.1) is 11.3 Å². The molecule has 3 N–H and O–H groups in total. The number of rotatable bonds is 7. The van der Waals surface area contributed by atoms with Gasteiger partial charge in [0.05, 0.1) is 36.9 Å². The molecule has 1 saturated carbocycles. The second-order valence-corrected chi connectivity index (χ2v) is 8.95. The third-order valence-corrected chi connectivity index (χ3v) is 6.72. The lowest BCUT2D eigenvalue weighted by atomic mass is 9.77. The van der Waals surface area contributed by atoms with Crippen LogP contribution in [0.3, 0.4) is 0 Å². The number of carbonyl (C=O) groups is 2. The molecule has 1 saturated heterocycles. The highest BCUT2D eigenvalue weighted by atomic mass is 16.5. The molecule has 4 rings (SSSR count). The molecule has 1 aromatic heterocycles. The monoisotopic (exact) mass is 463 g/mol. The van der Waals surface area contributed by atoms with E-state index in [1.54, 1.807) is 37.6 Å². The summed E-state index contributed by atoms with van der Waals surface area (Å²) in [6.45, 7) is 1.41. The minimum absolute atomic E-state index is 0.0536. The summed E-state index contributed by atoms with van der Waals surface area (Å²) in [5.74, 6) is -0.0915. The third kappa shape index (κ3) is 5.35. The minimum Gasteiger partial charge on any atom is -0.481 e. The van der Waals surface area contributed by atoms with Crippen LogP contribution in [0.2, 0.25) is 0 Å². The number of ether oxygens (including phenoxy) is 1. The minimum atomic E-state index is -0.862. The van der Waals surface area contributed by atoms with Crippen molar-refractivity contribution in [3.63, 3.8) is 0 Å². The van der Waals surface area contributed by atoms with Crippen LogP contribution in [0.4, 0.5) is 0 Å². The maximum Gasteiger partial charge on any atom is 0.251 e. The Balaban J connectivity index is 1.17. The van der Waals surface area contributed by atoms with Crippen molar-refractivity contribution in [3.05, 3.63) is 59.3 Å². The fourth-order valence-corrected chi connectivity index (χ4v) is 4.68. The Kier molecular flexibility index (Phi) is 7.10. The van der Waals surface area contributed by atoms with Crippen LogP contribution in [0.5, 0.6) is 5.88 Å². The van der Waals surface area contributed by atoms with E-state index >= 15 is 0 Å². The summed E-state index contributed by atoms with van der Waals surface area (Å²) in [5.41, 5.74) is 0.707. The fourth-order valence-electron chi connectivity index (χ4n) is 4.68. The van der Waals surface area contributed by atoms with Gasteiger partial charge in [-0.15, -0.1) is 0 Å². The van der Waals surface area contributed by atoms with E-state index in [1.165, 1.54) is 6.07 Å². The first-order valence-electron chi connectivity index (χ1n) is 11.4. The molecule has 1 aromatic carbocycles. The zero-order valence-electron chi connectivity index (χ0n) is 19.2. The van der Waals surface area contributed by atoms with Crippen LogP contribution in [0.15, 0.2) is 42.6 Å². The van der Waals surface area contributed by atoms with Crippen molar-refractivity contribution in [3.8, 4) is 11.9 Å².